The summed E-state index contributed by atoms with van der Waals surface area (Å²) < 4.78 is 0. The summed E-state index contributed by atoms with van der Waals surface area (Å²) >= 11 is 0. The Kier molecular flexibility index (Phi) is 5.61. The average molecular weight is 314 g/mol. The van der Waals surface area contributed by atoms with Crippen LogP contribution in [-0.2, 0) is 16.8 Å². The Labute approximate surface area is 137 Å². The van der Waals surface area contributed by atoms with E-state index in [0.717, 1.165) is 11.3 Å². The van der Waals surface area contributed by atoms with Gasteiger partial charge in [-0.2, -0.15) is 0 Å². The standard InChI is InChI=1S/C19H26N2O2/c1-19(2,3)15-8-6-14(7-9-15)17(22)10-11-18(23)21-13-16-5-4-12-20-16/h4-9,12,17,20,22H,10-11,13H2,1-3H3,(H,21,23). The first-order valence-corrected chi connectivity index (χ1v) is 8.04. The molecule has 1 atom stereocenters. The van der Waals surface area contributed by atoms with Gasteiger partial charge < -0.3 is 15.4 Å². The number of aliphatic hydroxyl groups is 1. The van der Waals surface area contributed by atoms with Gasteiger partial charge in [-0.05, 0) is 35.1 Å². The summed E-state index contributed by atoms with van der Waals surface area (Å²) in [5, 5.41) is 13.1. The first-order valence-electron chi connectivity index (χ1n) is 8.04. The zero-order valence-electron chi connectivity index (χ0n) is 14.1. The summed E-state index contributed by atoms with van der Waals surface area (Å²) in [7, 11) is 0. The molecule has 1 aromatic carbocycles. The third kappa shape index (κ3) is 5.25. The lowest BCUT2D eigenvalue weighted by Gasteiger charge is -2.20. The second kappa shape index (κ2) is 7.47. The van der Waals surface area contributed by atoms with Crippen LogP contribution in [0.1, 0.15) is 56.5 Å². The van der Waals surface area contributed by atoms with Crippen LogP contribution in [0, 0.1) is 0 Å². The van der Waals surface area contributed by atoms with Crippen LogP contribution >= 0.6 is 0 Å². The van der Waals surface area contributed by atoms with E-state index in [1.54, 1.807) is 0 Å². The van der Waals surface area contributed by atoms with Gasteiger partial charge in [0, 0.05) is 18.3 Å². The van der Waals surface area contributed by atoms with E-state index < -0.39 is 6.10 Å². The number of aromatic nitrogens is 1. The minimum Gasteiger partial charge on any atom is -0.388 e. The molecule has 1 aromatic heterocycles. The van der Waals surface area contributed by atoms with Crippen LogP contribution in [0.25, 0.3) is 0 Å². The monoisotopic (exact) mass is 314 g/mol. The predicted octanol–water partition coefficient (Wildman–Crippen LogP) is 3.44. The Hall–Kier alpha value is -2.07. The fraction of sp³-hybridized carbons (Fsp3) is 0.421. The number of aliphatic hydroxyl groups excluding tert-OH is 1. The molecule has 1 unspecified atom stereocenters. The molecule has 23 heavy (non-hydrogen) atoms. The summed E-state index contributed by atoms with van der Waals surface area (Å²) in [4.78, 5) is 14.9. The van der Waals surface area contributed by atoms with Crippen LogP contribution in [0.15, 0.2) is 42.6 Å². The SMILES string of the molecule is CC(C)(C)c1ccc(C(O)CCC(=O)NCc2ccc[nH]2)cc1. The lowest BCUT2D eigenvalue weighted by Crippen LogP contribution is -2.23. The molecule has 1 heterocycles. The minimum atomic E-state index is -0.611. The van der Waals surface area contributed by atoms with Crippen molar-refractivity contribution in [3.8, 4) is 0 Å². The zero-order valence-corrected chi connectivity index (χ0v) is 14.1. The molecule has 124 valence electrons. The number of H-pyrrole nitrogens is 1. The van der Waals surface area contributed by atoms with Crippen molar-refractivity contribution in [2.24, 2.45) is 0 Å². The molecule has 0 saturated carbocycles. The van der Waals surface area contributed by atoms with Crippen molar-refractivity contribution in [1.29, 1.82) is 0 Å². The molecule has 3 N–H and O–H groups in total. The minimum absolute atomic E-state index is 0.0510. The van der Waals surface area contributed by atoms with Crippen LogP contribution < -0.4 is 5.32 Å². The van der Waals surface area contributed by atoms with Gasteiger partial charge >= 0.3 is 0 Å². The van der Waals surface area contributed by atoms with E-state index in [2.05, 4.69) is 31.1 Å². The average Bonchev–Trinajstić information content (AvgIpc) is 3.03. The lowest BCUT2D eigenvalue weighted by atomic mass is 9.86. The third-order valence-corrected chi connectivity index (χ3v) is 3.94. The molecule has 0 aliphatic heterocycles. The number of nitrogens with one attached hydrogen (secondary N) is 2. The maximum atomic E-state index is 11.8. The van der Waals surface area contributed by atoms with E-state index in [4.69, 9.17) is 0 Å². The molecule has 0 radical (unpaired) electrons. The highest BCUT2D eigenvalue weighted by Gasteiger charge is 2.15. The van der Waals surface area contributed by atoms with Crippen molar-refractivity contribution in [2.75, 3.05) is 0 Å². The molecule has 0 fully saturated rings. The number of hydrogen-bond donors (Lipinski definition) is 3. The maximum absolute atomic E-state index is 11.8. The first-order chi connectivity index (χ1) is 10.9. The molecule has 4 heteroatoms. The maximum Gasteiger partial charge on any atom is 0.220 e. The first kappa shape index (κ1) is 17.3. The number of carbonyl (C=O) groups excluding carboxylic acids is 1. The number of aromatic amines is 1. The van der Waals surface area contributed by atoms with E-state index in [1.165, 1.54) is 5.56 Å². The van der Waals surface area contributed by atoms with Gasteiger partial charge in [-0.15, -0.1) is 0 Å². The summed E-state index contributed by atoms with van der Waals surface area (Å²) in [6.45, 7) is 6.97. The number of amides is 1. The highest BCUT2D eigenvalue weighted by molar-refractivity contribution is 5.75. The second-order valence-corrected chi connectivity index (χ2v) is 6.90. The van der Waals surface area contributed by atoms with Gasteiger partial charge in [0.25, 0.3) is 0 Å². The molecule has 2 aromatic rings. The highest BCUT2D eigenvalue weighted by atomic mass is 16.3. The van der Waals surface area contributed by atoms with Gasteiger partial charge in [0.1, 0.15) is 0 Å². The normalized spacial score (nSPS) is 12.9. The van der Waals surface area contributed by atoms with Gasteiger partial charge in [0.15, 0.2) is 0 Å². The van der Waals surface area contributed by atoms with E-state index in [1.807, 2.05) is 42.6 Å². The fourth-order valence-electron chi connectivity index (χ4n) is 2.40. The Morgan fingerprint density at radius 2 is 1.91 bits per heavy atom. The van der Waals surface area contributed by atoms with Crippen LogP contribution in [0.2, 0.25) is 0 Å². The predicted molar refractivity (Wildman–Crippen MR) is 92.0 cm³/mol. The molecule has 2 rings (SSSR count). The number of hydrogen-bond acceptors (Lipinski definition) is 2. The van der Waals surface area contributed by atoms with E-state index in [0.29, 0.717) is 19.4 Å². The summed E-state index contributed by atoms with van der Waals surface area (Å²) in [5.74, 6) is -0.0510. The molecule has 0 saturated heterocycles. The van der Waals surface area contributed by atoms with Crippen molar-refractivity contribution in [3.05, 3.63) is 59.4 Å². The van der Waals surface area contributed by atoms with Gasteiger partial charge in [0.2, 0.25) is 5.91 Å². The topological polar surface area (TPSA) is 65.1 Å². The van der Waals surface area contributed by atoms with Gasteiger partial charge in [0.05, 0.1) is 12.6 Å². The van der Waals surface area contributed by atoms with E-state index in [9.17, 15) is 9.90 Å². The number of benzene rings is 1. The Bertz CT molecular complexity index is 610. The summed E-state index contributed by atoms with van der Waals surface area (Å²) in [6, 6.07) is 11.8. The smallest absolute Gasteiger partial charge is 0.220 e. The highest BCUT2D eigenvalue weighted by Crippen LogP contribution is 2.25. The molecular formula is C19H26N2O2. The number of carbonyl (C=O) groups is 1. The van der Waals surface area contributed by atoms with E-state index in [-0.39, 0.29) is 11.3 Å². The molecular weight excluding hydrogens is 288 g/mol. The fourth-order valence-corrected chi connectivity index (χ4v) is 2.40. The van der Waals surface area contributed by atoms with Gasteiger partial charge in [-0.25, -0.2) is 0 Å². The quantitative estimate of drug-likeness (QED) is 0.764. The van der Waals surface area contributed by atoms with Crippen molar-refractivity contribution in [2.45, 2.75) is 51.7 Å². The largest absolute Gasteiger partial charge is 0.388 e. The zero-order chi connectivity index (χ0) is 16.9. The third-order valence-electron chi connectivity index (χ3n) is 3.94. The van der Waals surface area contributed by atoms with Gasteiger partial charge in [-0.1, -0.05) is 45.0 Å². The van der Waals surface area contributed by atoms with Crippen molar-refractivity contribution >= 4 is 5.91 Å². The molecule has 0 spiro atoms. The Morgan fingerprint density at radius 1 is 1.22 bits per heavy atom. The lowest BCUT2D eigenvalue weighted by molar-refractivity contribution is -0.121. The second-order valence-electron chi connectivity index (χ2n) is 6.90. The Morgan fingerprint density at radius 3 is 2.48 bits per heavy atom. The summed E-state index contributed by atoms with van der Waals surface area (Å²) in [6.07, 6.45) is 1.95. The molecule has 0 aliphatic carbocycles. The molecule has 0 aliphatic rings. The van der Waals surface area contributed by atoms with E-state index >= 15 is 0 Å². The van der Waals surface area contributed by atoms with Crippen molar-refractivity contribution < 1.29 is 9.90 Å². The molecule has 1 amide bonds. The van der Waals surface area contributed by atoms with Crippen LogP contribution in [0.4, 0.5) is 0 Å². The van der Waals surface area contributed by atoms with Crippen LogP contribution in [0.5, 0.6) is 0 Å². The number of rotatable bonds is 6. The van der Waals surface area contributed by atoms with Crippen LogP contribution in [-0.4, -0.2) is 16.0 Å². The molecule has 4 nitrogen and oxygen atoms in total. The van der Waals surface area contributed by atoms with Crippen molar-refractivity contribution in [3.63, 3.8) is 0 Å². The van der Waals surface area contributed by atoms with Crippen molar-refractivity contribution in [1.82, 2.24) is 10.3 Å². The Balaban J connectivity index is 1.79. The van der Waals surface area contributed by atoms with Crippen LogP contribution in [0.3, 0.4) is 0 Å². The summed E-state index contributed by atoms with van der Waals surface area (Å²) in [5.41, 5.74) is 3.16. The van der Waals surface area contributed by atoms with Gasteiger partial charge in [-0.3, -0.25) is 4.79 Å². The molecule has 0 bridgehead atoms.